The first-order valence-electron chi connectivity index (χ1n) is 7.92. The van der Waals surface area contributed by atoms with Gasteiger partial charge in [0.05, 0.1) is 11.9 Å². The number of H-pyrrole nitrogens is 1. The zero-order chi connectivity index (χ0) is 18.8. The molecule has 0 aliphatic heterocycles. The van der Waals surface area contributed by atoms with Crippen molar-refractivity contribution in [2.75, 3.05) is 0 Å². The van der Waals surface area contributed by atoms with E-state index < -0.39 is 5.97 Å². The van der Waals surface area contributed by atoms with E-state index in [0.717, 1.165) is 10.4 Å². The average Bonchev–Trinajstić information content (AvgIpc) is 3.16. The fourth-order valence-corrected chi connectivity index (χ4v) is 3.56. The number of fused-ring (bicyclic) bond motifs is 1. The van der Waals surface area contributed by atoms with Crippen LogP contribution in [-0.2, 0) is 17.8 Å². The Labute approximate surface area is 151 Å². The molecule has 3 N–H and O–H groups in total. The molecule has 3 heterocycles. The van der Waals surface area contributed by atoms with Crippen molar-refractivity contribution in [1.82, 2.24) is 15.3 Å². The Morgan fingerprint density at radius 1 is 1.35 bits per heavy atom. The highest BCUT2D eigenvalue weighted by Gasteiger charge is 2.13. The smallest absolute Gasteiger partial charge is 0.371 e. The van der Waals surface area contributed by atoms with E-state index in [4.69, 9.17) is 9.52 Å². The lowest BCUT2D eigenvalue weighted by atomic mass is 10.2. The average molecular weight is 375 g/mol. The molecule has 26 heavy (non-hydrogen) atoms. The van der Waals surface area contributed by atoms with E-state index in [-0.39, 0.29) is 30.2 Å². The van der Waals surface area contributed by atoms with Gasteiger partial charge in [-0.2, -0.15) is 0 Å². The van der Waals surface area contributed by atoms with Crippen LogP contribution in [0.25, 0.3) is 10.2 Å². The Morgan fingerprint density at radius 2 is 2.12 bits per heavy atom. The highest BCUT2D eigenvalue weighted by molar-refractivity contribution is 7.18. The van der Waals surface area contributed by atoms with Crippen LogP contribution >= 0.6 is 11.3 Å². The number of nitrogens with zero attached hydrogens (tertiary/aromatic N) is 1. The molecular weight excluding hydrogens is 358 g/mol. The summed E-state index contributed by atoms with van der Waals surface area (Å²) in [4.78, 5) is 43.8. The zero-order valence-corrected chi connectivity index (χ0v) is 15.0. The van der Waals surface area contributed by atoms with Gasteiger partial charge in [0.1, 0.15) is 16.4 Å². The Bertz CT molecular complexity index is 1050. The first-order chi connectivity index (χ1) is 12.3. The summed E-state index contributed by atoms with van der Waals surface area (Å²) in [7, 11) is 0. The molecule has 3 aromatic rings. The first kappa shape index (κ1) is 17.9. The second-order valence-corrected chi connectivity index (χ2v) is 7.03. The number of aromatic carboxylic acids is 1. The van der Waals surface area contributed by atoms with E-state index in [1.54, 1.807) is 0 Å². The third-order valence-electron chi connectivity index (χ3n) is 4.01. The quantitative estimate of drug-likeness (QED) is 0.606. The number of rotatable bonds is 6. The maximum atomic E-state index is 12.2. The number of hydrogen-bond acceptors (Lipinski definition) is 6. The number of carbonyl (C=O) groups excluding carboxylic acids is 1. The van der Waals surface area contributed by atoms with Gasteiger partial charge in [0.25, 0.3) is 5.56 Å². The molecule has 136 valence electrons. The van der Waals surface area contributed by atoms with Crippen molar-refractivity contribution in [1.29, 1.82) is 0 Å². The van der Waals surface area contributed by atoms with Crippen LogP contribution in [0.5, 0.6) is 0 Å². The van der Waals surface area contributed by atoms with Gasteiger partial charge in [-0.1, -0.05) is 0 Å². The van der Waals surface area contributed by atoms with Crippen LogP contribution < -0.4 is 10.9 Å². The van der Waals surface area contributed by atoms with Gasteiger partial charge in [-0.3, -0.25) is 9.59 Å². The standard InChI is InChI=1S/C17H17N3O5S/c1-8-9(2)26-16-14(8)15(22)19-12(20-16)5-6-13(21)18-7-10-3-4-11(25-10)17(23)24/h3-4H,5-7H2,1-2H3,(H,18,21)(H,23,24)(H,19,20,22). The molecule has 0 bridgehead atoms. The monoisotopic (exact) mass is 375 g/mol. The normalized spacial score (nSPS) is 11.0. The molecule has 1 amide bonds. The second-order valence-electron chi connectivity index (χ2n) is 5.82. The van der Waals surface area contributed by atoms with Crippen molar-refractivity contribution >= 4 is 33.4 Å². The van der Waals surface area contributed by atoms with Gasteiger partial charge in [-0.25, -0.2) is 9.78 Å². The van der Waals surface area contributed by atoms with E-state index in [2.05, 4.69) is 15.3 Å². The summed E-state index contributed by atoms with van der Waals surface area (Å²) in [5.41, 5.74) is 0.742. The topological polar surface area (TPSA) is 125 Å². The number of aryl methyl sites for hydroxylation is 3. The number of aromatic nitrogens is 2. The van der Waals surface area contributed by atoms with E-state index in [1.807, 2.05) is 13.8 Å². The largest absolute Gasteiger partial charge is 0.475 e. The third kappa shape index (κ3) is 3.67. The Morgan fingerprint density at radius 3 is 2.81 bits per heavy atom. The molecule has 0 unspecified atom stereocenters. The van der Waals surface area contributed by atoms with E-state index in [1.165, 1.54) is 23.5 Å². The summed E-state index contributed by atoms with van der Waals surface area (Å²) in [6.45, 7) is 3.93. The van der Waals surface area contributed by atoms with Crippen LogP contribution in [-0.4, -0.2) is 27.0 Å². The van der Waals surface area contributed by atoms with Crippen LogP contribution in [0, 0.1) is 13.8 Å². The summed E-state index contributed by atoms with van der Waals surface area (Å²) < 4.78 is 5.06. The zero-order valence-electron chi connectivity index (χ0n) is 14.2. The van der Waals surface area contributed by atoms with E-state index in [9.17, 15) is 14.4 Å². The Kier molecular flexibility index (Phi) is 4.90. The second kappa shape index (κ2) is 7.12. The lowest BCUT2D eigenvalue weighted by molar-refractivity contribution is -0.121. The summed E-state index contributed by atoms with van der Waals surface area (Å²) in [6, 6.07) is 2.83. The van der Waals surface area contributed by atoms with E-state index >= 15 is 0 Å². The van der Waals surface area contributed by atoms with Gasteiger partial charge >= 0.3 is 5.97 Å². The van der Waals surface area contributed by atoms with Crippen molar-refractivity contribution < 1.29 is 19.1 Å². The Balaban J connectivity index is 1.59. The molecule has 0 spiro atoms. The molecule has 8 nitrogen and oxygen atoms in total. The predicted octanol–water partition coefficient (Wildman–Crippen LogP) is 2.14. The molecule has 0 saturated carbocycles. The van der Waals surface area contributed by atoms with Crippen molar-refractivity contribution in [3.8, 4) is 0 Å². The molecule has 9 heteroatoms. The van der Waals surface area contributed by atoms with Gasteiger partial charge in [0.15, 0.2) is 0 Å². The molecule has 0 radical (unpaired) electrons. The molecule has 0 saturated heterocycles. The van der Waals surface area contributed by atoms with Crippen molar-refractivity contribution in [2.24, 2.45) is 0 Å². The maximum absolute atomic E-state index is 12.2. The number of carboxylic acid groups (broad SMARTS) is 1. The number of nitrogens with one attached hydrogen (secondary N) is 2. The van der Waals surface area contributed by atoms with Crippen LogP contribution in [0.4, 0.5) is 0 Å². The molecule has 0 atom stereocenters. The molecule has 0 aliphatic rings. The summed E-state index contributed by atoms with van der Waals surface area (Å²) in [6.07, 6.45) is 0.440. The lowest BCUT2D eigenvalue weighted by Gasteiger charge is -2.03. The Hall–Kier alpha value is -2.94. The molecular formula is C17H17N3O5S. The van der Waals surface area contributed by atoms with Crippen LogP contribution in [0.2, 0.25) is 0 Å². The minimum absolute atomic E-state index is 0.0956. The molecule has 0 fully saturated rings. The van der Waals surface area contributed by atoms with Crippen LogP contribution in [0.15, 0.2) is 21.3 Å². The number of aromatic amines is 1. The fourth-order valence-electron chi connectivity index (χ4n) is 2.51. The number of furan rings is 1. The summed E-state index contributed by atoms with van der Waals surface area (Å²) in [5, 5.41) is 12.0. The number of carbonyl (C=O) groups is 2. The number of carboxylic acids is 1. The van der Waals surface area contributed by atoms with Crippen molar-refractivity contribution in [3.05, 3.63) is 50.3 Å². The van der Waals surface area contributed by atoms with Gasteiger partial charge in [-0.05, 0) is 31.5 Å². The number of hydrogen-bond donors (Lipinski definition) is 3. The SMILES string of the molecule is Cc1sc2nc(CCC(=O)NCc3ccc(C(=O)O)o3)[nH]c(=O)c2c1C. The van der Waals surface area contributed by atoms with Gasteiger partial charge in [0.2, 0.25) is 11.7 Å². The minimum atomic E-state index is -1.16. The molecule has 3 aromatic heterocycles. The summed E-state index contributed by atoms with van der Waals surface area (Å²) in [5.74, 6) is -0.768. The molecule has 3 rings (SSSR count). The van der Waals surface area contributed by atoms with E-state index in [0.29, 0.717) is 28.2 Å². The fraction of sp³-hybridized carbons (Fsp3) is 0.294. The first-order valence-corrected chi connectivity index (χ1v) is 8.74. The van der Waals surface area contributed by atoms with Gasteiger partial charge < -0.3 is 19.8 Å². The van der Waals surface area contributed by atoms with Crippen molar-refractivity contribution in [3.63, 3.8) is 0 Å². The van der Waals surface area contributed by atoms with Crippen molar-refractivity contribution in [2.45, 2.75) is 33.2 Å². The predicted molar refractivity (Wildman–Crippen MR) is 95.5 cm³/mol. The van der Waals surface area contributed by atoms with Gasteiger partial charge in [-0.15, -0.1) is 11.3 Å². The highest BCUT2D eigenvalue weighted by atomic mass is 32.1. The van der Waals surface area contributed by atoms with Crippen LogP contribution in [0.3, 0.4) is 0 Å². The van der Waals surface area contributed by atoms with Crippen LogP contribution in [0.1, 0.15) is 39.0 Å². The van der Waals surface area contributed by atoms with Gasteiger partial charge in [0, 0.05) is 17.7 Å². The molecule has 0 aromatic carbocycles. The summed E-state index contributed by atoms with van der Waals surface area (Å²) >= 11 is 1.46. The number of amides is 1. The molecule has 0 aliphatic carbocycles. The third-order valence-corrected chi connectivity index (χ3v) is 5.11. The minimum Gasteiger partial charge on any atom is -0.475 e. The number of thiophene rings is 1. The lowest BCUT2D eigenvalue weighted by Crippen LogP contribution is -2.23. The highest BCUT2D eigenvalue weighted by Crippen LogP contribution is 2.25. The maximum Gasteiger partial charge on any atom is 0.371 e.